The molecule has 4 rings (SSSR count). The van der Waals surface area contributed by atoms with Crippen molar-refractivity contribution in [3.63, 3.8) is 0 Å². The minimum atomic E-state index is -0.335. The van der Waals surface area contributed by atoms with Gasteiger partial charge < -0.3 is 15.4 Å². The van der Waals surface area contributed by atoms with E-state index in [-0.39, 0.29) is 11.8 Å². The molecular formula is C22H15N3O3. The predicted octanol–water partition coefficient (Wildman–Crippen LogP) is 4.48. The van der Waals surface area contributed by atoms with Gasteiger partial charge in [0.05, 0.1) is 22.9 Å². The second kappa shape index (κ2) is 6.89. The van der Waals surface area contributed by atoms with Gasteiger partial charge in [-0.3, -0.25) is 9.59 Å². The summed E-state index contributed by atoms with van der Waals surface area (Å²) in [6, 6.07) is 18.8. The Kier molecular flexibility index (Phi) is 4.26. The van der Waals surface area contributed by atoms with Crippen molar-refractivity contribution in [2.75, 3.05) is 10.6 Å². The molecule has 0 saturated heterocycles. The lowest BCUT2D eigenvalue weighted by atomic mass is 10.1. The predicted molar refractivity (Wildman–Crippen MR) is 105 cm³/mol. The van der Waals surface area contributed by atoms with Crippen LogP contribution in [-0.4, -0.2) is 11.8 Å². The van der Waals surface area contributed by atoms with E-state index >= 15 is 0 Å². The molecule has 1 aliphatic rings. The number of fused-ring (bicyclic) bond motifs is 2. The van der Waals surface area contributed by atoms with Gasteiger partial charge in [-0.25, -0.2) is 0 Å². The second-order valence-corrected chi connectivity index (χ2v) is 6.41. The summed E-state index contributed by atoms with van der Waals surface area (Å²) in [6.45, 7) is 1.93. The summed E-state index contributed by atoms with van der Waals surface area (Å²) in [7, 11) is 0. The van der Waals surface area contributed by atoms with E-state index in [1.807, 2.05) is 25.1 Å². The molecule has 3 aromatic carbocycles. The van der Waals surface area contributed by atoms with Crippen molar-refractivity contribution in [2.24, 2.45) is 0 Å². The topological polar surface area (TPSA) is 91.2 Å². The molecule has 0 radical (unpaired) electrons. The molecule has 0 atom stereocenters. The summed E-state index contributed by atoms with van der Waals surface area (Å²) in [6.07, 6.45) is 0. The van der Waals surface area contributed by atoms with E-state index in [4.69, 9.17) is 10.00 Å². The number of nitrogens with zero attached hydrogens (tertiary/aromatic N) is 1. The number of hydrogen-bond acceptors (Lipinski definition) is 4. The maximum absolute atomic E-state index is 12.6. The van der Waals surface area contributed by atoms with E-state index < -0.39 is 0 Å². The van der Waals surface area contributed by atoms with Crippen LogP contribution in [0.1, 0.15) is 31.8 Å². The standard InChI is InChI=1S/C22H15N3O3/c1-13-2-8-20-18(10-13)25-22(27)17-11-16(7-9-19(17)28-20)24-21(26)15-5-3-14(12-23)4-6-15/h2-11H,1H3,(H,24,26)(H,25,27). The maximum Gasteiger partial charge on any atom is 0.259 e. The number of anilines is 2. The zero-order chi connectivity index (χ0) is 19.7. The van der Waals surface area contributed by atoms with Crippen molar-refractivity contribution in [3.05, 3.63) is 82.9 Å². The molecule has 0 unspecified atom stereocenters. The Morgan fingerprint density at radius 2 is 1.79 bits per heavy atom. The molecule has 3 aromatic rings. The number of carbonyl (C=O) groups is 2. The van der Waals surface area contributed by atoms with Gasteiger partial charge in [0, 0.05) is 11.3 Å². The molecule has 2 N–H and O–H groups in total. The van der Waals surface area contributed by atoms with E-state index in [9.17, 15) is 9.59 Å². The van der Waals surface area contributed by atoms with Crippen LogP contribution in [0.25, 0.3) is 0 Å². The summed E-state index contributed by atoms with van der Waals surface area (Å²) in [5.41, 5.74) is 3.29. The molecule has 0 aliphatic carbocycles. The van der Waals surface area contributed by atoms with Gasteiger partial charge in [0.15, 0.2) is 5.75 Å². The van der Waals surface area contributed by atoms with E-state index in [0.717, 1.165) is 5.56 Å². The average Bonchev–Trinajstić information content (AvgIpc) is 2.83. The molecule has 6 heteroatoms. The highest BCUT2D eigenvalue weighted by Crippen LogP contribution is 2.37. The van der Waals surface area contributed by atoms with Crippen molar-refractivity contribution in [1.82, 2.24) is 0 Å². The highest BCUT2D eigenvalue weighted by atomic mass is 16.5. The SMILES string of the molecule is Cc1ccc2c(c1)NC(=O)c1cc(NC(=O)c3ccc(C#N)cc3)ccc1O2. The van der Waals surface area contributed by atoms with Crippen LogP contribution in [0.2, 0.25) is 0 Å². The van der Waals surface area contributed by atoms with Crippen molar-refractivity contribution < 1.29 is 14.3 Å². The van der Waals surface area contributed by atoms with Crippen molar-refractivity contribution >= 4 is 23.2 Å². The summed E-state index contributed by atoms with van der Waals surface area (Å²) < 4.78 is 5.87. The van der Waals surface area contributed by atoms with Crippen LogP contribution in [-0.2, 0) is 0 Å². The van der Waals surface area contributed by atoms with Gasteiger partial charge in [-0.15, -0.1) is 0 Å². The number of nitriles is 1. The first-order chi connectivity index (χ1) is 13.5. The summed E-state index contributed by atoms with van der Waals surface area (Å²) >= 11 is 0. The van der Waals surface area contributed by atoms with Crippen LogP contribution in [0.5, 0.6) is 11.5 Å². The molecular weight excluding hydrogens is 354 g/mol. The number of hydrogen-bond donors (Lipinski definition) is 2. The molecule has 0 saturated carbocycles. The highest BCUT2D eigenvalue weighted by molar-refractivity contribution is 6.10. The Balaban J connectivity index is 1.60. The number of carbonyl (C=O) groups excluding carboxylic acids is 2. The zero-order valence-electron chi connectivity index (χ0n) is 14.9. The van der Waals surface area contributed by atoms with Gasteiger partial charge in [-0.1, -0.05) is 6.07 Å². The van der Waals surface area contributed by atoms with Crippen molar-refractivity contribution in [3.8, 4) is 17.6 Å². The molecule has 0 fully saturated rings. The normalized spacial score (nSPS) is 11.8. The van der Waals surface area contributed by atoms with Crippen molar-refractivity contribution in [1.29, 1.82) is 5.26 Å². The van der Waals surface area contributed by atoms with Crippen LogP contribution in [0.4, 0.5) is 11.4 Å². The third-order valence-electron chi connectivity index (χ3n) is 4.36. The number of benzene rings is 3. The molecule has 136 valence electrons. The number of aryl methyl sites for hydroxylation is 1. The lowest BCUT2D eigenvalue weighted by molar-refractivity contribution is 0.101. The van der Waals surface area contributed by atoms with Gasteiger partial charge in [-0.2, -0.15) is 5.26 Å². The Bertz CT molecular complexity index is 1140. The second-order valence-electron chi connectivity index (χ2n) is 6.41. The smallest absolute Gasteiger partial charge is 0.259 e. The van der Waals surface area contributed by atoms with Gasteiger partial charge in [0.25, 0.3) is 11.8 Å². The van der Waals surface area contributed by atoms with Gasteiger partial charge >= 0.3 is 0 Å². The summed E-state index contributed by atoms with van der Waals surface area (Å²) in [5.74, 6) is 0.329. The van der Waals surface area contributed by atoms with Crippen LogP contribution < -0.4 is 15.4 Å². The third-order valence-corrected chi connectivity index (χ3v) is 4.36. The Labute approximate surface area is 161 Å². The average molecular weight is 369 g/mol. The fourth-order valence-electron chi connectivity index (χ4n) is 2.91. The van der Waals surface area contributed by atoms with Gasteiger partial charge in [0.2, 0.25) is 0 Å². The lowest BCUT2D eigenvalue weighted by Gasteiger charge is -2.10. The summed E-state index contributed by atoms with van der Waals surface area (Å²) in [5, 5.41) is 14.4. The third kappa shape index (κ3) is 3.29. The minimum absolute atomic E-state index is 0.311. The van der Waals surface area contributed by atoms with Crippen LogP contribution in [0, 0.1) is 18.3 Å². The van der Waals surface area contributed by atoms with Crippen LogP contribution in [0.15, 0.2) is 60.7 Å². The monoisotopic (exact) mass is 369 g/mol. The number of rotatable bonds is 2. The number of ether oxygens (including phenoxy) is 1. The Morgan fingerprint density at radius 3 is 2.54 bits per heavy atom. The molecule has 1 heterocycles. The maximum atomic E-state index is 12.6. The molecule has 1 aliphatic heterocycles. The Morgan fingerprint density at radius 1 is 1.04 bits per heavy atom. The van der Waals surface area contributed by atoms with Crippen molar-refractivity contribution in [2.45, 2.75) is 6.92 Å². The molecule has 28 heavy (non-hydrogen) atoms. The first-order valence-electron chi connectivity index (χ1n) is 8.59. The fourth-order valence-corrected chi connectivity index (χ4v) is 2.91. The number of nitrogens with one attached hydrogen (secondary N) is 2. The zero-order valence-corrected chi connectivity index (χ0v) is 14.9. The van der Waals surface area contributed by atoms with Crippen LogP contribution >= 0.6 is 0 Å². The quantitative estimate of drug-likeness (QED) is 0.697. The molecule has 0 aromatic heterocycles. The van der Waals surface area contributed by atoms with E-state index in [2.05, 4.69) is 10.6 Å². The molecule has 0 spiro atoms. The first kappa shape index (κ1) is 17.3. The Hall–Kier alpha value is -4.11. The molecule has 2 amide bonds. The first-order valence-corrected chi connectivity index (χ1v) is 8.59. The van der Waals surface area contributed by atoms with Crippen LogP contribution in [0.3, 0.4) is 0 Å². The van der Waals surface area contributed by atoms with E-state index in [1.165, 1.54) is 0 Å². The fraction of sp³-hybridized carbons (Fsp3) is 0.0455. The molecule has 6 nitrogen and oxygen atoms in total. The van der Waals surface area contributed by atoms with E-state index in [1.54, 1.807) is 48.5 Å². The summed E-state index contributed by atoms with van der Waals surface area (Å²) in [4.78, 5) is 25.0. The largest absolute Gasteiger partial charge is 0.454 e. The number of amides is 2. The minimum Gasteiger partial charge on any atom is -0.454 e. The molecule has 0 bridgehead atoms. The highest BCUT2D eigenvalue weighted by Gasteiger charge is 2.21. The lowest BCUT2D eigenvalue weighted by Crippen LogP contribution is -2.14. The van der Waals surface area contributed by atoms with E-state index in [0.29, 0.717) is 39.6 Å². The van der Waals surface area contributed by atoms with Gasteiger partial charge in [-0.05, 0) is 67.1 Å². The van der Waals surface area contributed by atoms with Gasteiger partial charge in [0.1, 0.15) is 5.75 Å².